The van der Waals surface area contributed by atoms with Crippen LogP contribution < -0.4 is 16.4 Å². The summed E-state index contributed by atoms with van der Waals surface area (Å²) in [5, 5.41) is 6.99. The highest BCUT2D eigenvalue weighted by molar-refractivity contribution is 7.89. The second kappa shape index (κ2) is 13.7. The molecule has 1 amide bonds. The molecule has 230 valence electrons. The Morgan fingerprint density at radius 1 is 1.19 bits per heavy atom. The second-order valence-corrected chi connectivity index (χ2v) is 14.4. The summed E-state index contributed by atoms with van der Waals surface area (Å²) in [6.45, 7) is 0.970. The number of ether oxygens (including phenoxy) is 1. The molecule has 6 unspecified atom stereocenters. The molecule has 2 aliphatic heterocycles. The second-order valence-electron chi connectivity index (χ2n) is 12.0. The number of hydrogen-bond donors (Lipinski definition) is 3. The first-order chi connectivity index (χ1) is 20.2. The van der Waals surface area contributed by atoms with E-state index in [-0.39, 0.29) is 42.2 Å². The van der Waals surface area contributed by atoms with E-state index in [9.17, 15) is 13.2 Å². The Kier molecular flexibility index (Phi) is 10.2. The maximum atomic E-state index is 15.2. The summed E-state index contributed by atoms with van der Waals surface area (Å²) >= 11 is 6.16. The largest absolute Gasteiger partial charge is 0.381 e. The summed E-state index contributed by atoms with van der Waals surface area (Å²) < 4.78 is 48.3. The van der Waals surface area contributed by atoms with Gasteiger partial charge in [0.05, 0.1) is 17.9 Å². The lowest BCUT2D eigenvalue weighted by atomic mass is 9.72. The smallest absolute Gasteiger partial charge is 0.241 e. The fourth-order valence-electron chi connectivity index (χ4n) is 7.04. The molecular formula is C31H42ClFN4O4S. The van der Waals surface area contributed by atoms with Crippen LogP contribution in [0.15, 0.2) is 42.5 Å². The zero-order valence-electron chi connectivity index (χ0n) is 24.1. The van der Waals surface area contributed by atoms with Crippen LogP contribution in [-0.4, -0.2) is 68.8 Å². The van der Waals surface area contributed by atoms with E-state index in [1.807, 2.05) is 24.3 Å². The lowest BCUT2D eigenvalue weighted by Crippen LogP contribution is -2.57. The van der Waals surface area contributed by atoms with Gasteiger partial charge < -0.3 is 21.1 Å². The third-order valence-electron chi connectivity index (χ3n) is 9.32. The fourth-order valence-corrected chi connectivity index (χ4v) is 8.98. The third-order valence-corrected chi connectivity index (χ3v) is 11.5. The van der Waals surface area contributed by atoms with Crippen molar-refractivity contribution in [3.63, 3.8) is 0 Å². The number of methoxy groups -OCH3 is 1. The number of nitrogens with one attached hydrogen (secondary N) is 2. The maximum absolute atomic E-state index is 15.2. The first kappa shape index (κ1) is 31.3. The Labute approximate surface area is 253 Å². The van der Waals surface area contributed by atoms with Crippen molar-refractivity contribution >= 4 is 33.2 Å². The number of sulfonamides is 1. The van der Waals surface area contributed by atoms with Crippen molar-refractivity contribution in [2.45, 2.75) is 81.5 Å². The van der Waals surface area contributed by atoms with Crippen molar-refractivity contribution in [2.75, 3.05) is 31.3 Å². The van der Waals surface area contributed by atoms with E-state index >= 15 is 4.39 Å². The number of piperazine rings is 1. The molecule has 5 rings (SSSR count). The SMILES string of the molecule is COC1CCCC(C(c2ccc(Cl)cc2)C(N)C(=O)Nc2cccc(F)c2CC[C@H]2CNC3CCCS(=O)(=O)N2C3)C1. The summed E-state index contributed by atoms with van der Waals surface area (Å²) in [7, 11) is -1.64. The van der Waals surface area contributed by atoms with Crippen molar-refractivity contribution in [2.24, 2.45) is 11.7 Å². The number of hydrogen-bond acceptors (Lipinski definition) is 6. The molecule has 0 spiro atoms. The quantitative estimate of drug-likeness (QED) is 0.382. The van der Waals surface area contributed by atoms with Crippen molar-refractivity contribution in [3.05, 3.63) is 64.4 Å². The van der Waals surface area contributed by atoms with Gasteiger partial charge >= 0.3 is 0 Å². The van der Waals surface area contributed by atoms with Crippen LogP contribution in [0.1, 0.15) is 62.0 Å². The molecule has 0 aromatic heterocycles. The van der Waals surface area contributed by atoms with Gasteiger partial charge in [-0.15, -0.1) is 0 Å². The highest BCUT2D eigenvalue weighted by atomic mass is 35.5. The third kappa shape index (κ3) is 7.17. The summed E-state index contributed by atoms with van der Waals surface area (Å²) in [6, 6.07) is 11.1. The molecule has 0 radical (unpaired) electrons. The van der Waals surface area contributed by atoms with Crippen molar-refractivity contribution in [1.82, 2.24) is 9.62 Å². The topological polar surface area (TPSA) is 114 Å². The summed E-state index contributed by atoms with van der Waals surface area (Å²) in [6.07, 6.45) is 5.97. The van der Waals surface area contributed by atoms with E-state index in [1.165, 1.54) is 6.07 Å². The number of nitrogens with zero attached hydrogens (tertiary/aromatic N) is 1. The van der Waals surface area contributed by atoms with Crippen LogP contribution in [0.2, 0.25) is 5.02 Å². The van der Waals surface area contributed by atoms with Crippen LogP contribution in [0.3, 0.4) is 0 Å². The fraction of sp³-hybridized carbons (Fsp3) is 0.581. The monoisotopic (exact) mass is 620 g/mol. The minimum atomic E-state index is -3.36. The molecule has 11 heteroatoms. The maximum Gasteiger partial charge on any atom is 0.241 e. The molecule has 42 heavy (non-hydrogen) atoms. The van der Waals surface area contributed by atoms with Gasteiger partial charge in [-0.25, -0.2) is 12.8 Å². The van der Waals surface area contributed by atoms with E-state index in [4.69, 9.17) is 22.1 Å². The first-order valence-corrected chi connectivity index (χ1v) is 17.0. The molecule has 7 atom stereocenters. The van der Waals surface area contributed by atoms with Crippen LogP contribution in [-0.2, 0) is 26.0 Å². The van der Waals surface area contributed by atoms with Gasteiger partial charge in [-0.3, -0.25) is 4.79 Å². The molecular weight excluding hydrogens is 579 g/mol. The van der Waals surface area contributed by atoms with Gasteiger partial charge in [0, 0.05) is 54.5 Å². The number of rotatable bonds is 9. The molecule has 2 saturated heterocycles. The number of carbonyl (C=O) groups excluding carboxylic acids is 1. The van der Waals surface area contributed by atoms with Crippen molar-refractivity contribution in [1.29, 1.82) is 0 Å². The van der Waals surface area contributed by atoms with E-state index in [1.54, 1.807) is 23.5 Å². The average Bonchev–Trinajstić information content (AvgIpc) is 3.09. The summed E-state index contributed by atoms with van der Waals surface area (Å²) in [5.74, 6) is -0.825. The number of benzene rings is 2. The van der Waals surface area contributed by atoms with E-state index in [2.05, 4.69) is 10.6 Å². The van der Waals surface area contributed by atoms with Crippen LogP contribution >= 0.6 is 11.6 Å². The number of amides is 1. The Bertz CT molecular complexity index is 1340. The predicted octanol–water partition coefficient (Wildman–Crippen LogP) is 4.43. The molecule has 2 aromatic rings. The van der Waals surface area contributed by atoms with Crippen LogP contribution in [0, 0.1) is 11.7 Å². The van der Waals surface area contributed by atoms with E-state index in [0.717, 1.165) is 37.7 Å². The Hall–Kier alpha value is -2.08. The molecule has 3 fully saturated rings. The molecule has 8 nitrogen and oxygen atoms in total. The van der Waals surface area contributed by atoms with Gasteiger partial charge in [-0.2, -0.15) is 4.31 Å². The average molecular weight is 621 g/mol. The summed E-state index contributed by atoms with van der Waals surface area (Å²) in [5.41, 5.74) is 8.37. The lowest BCUT2D eigenvalue weighted by molar-refractivity contribution is -0.118. The Balaban J connectivity index is 1.33. The van der Waals surface area contributed by atoms with Crippen molar-refractivity contribution < 1.29 is 22.3 Å². The van der Waals surface area contributed by atoms with Gasteiger partial charge in [0.15, 0.2) is 0 Å². The predicted molar refractivity (Wildman–Crippen MR) is 164 cm³/mol. The first-order valence-electron chi connectivity index (χ1n) is 15.0. The van der Waals surface area contributed by atoms with Crippen LogP contribution in [0.4, 0.5) is 10.1 Å². The normalized spacial score (nSPS) is 28.8. The molecule has 3 aliphatic rings. The molecule has 2 heterocycles. The summed E-state index contributed by atoms with van der Waals surface area (Å²) in [4.78, 5) is 13.7. The number of carbonyl (C=O) groups is 1. The van der Waals surface area contributed by atoms with Gasteiger partial charge in [0.25, 0.3) is 0 Å². The molecule has 2 bridgehead atoms. The molecule has 1 aliphatic carbocycles. The number of fused-ring (bicyclic) bond motifs is 2. The van der Waals surface area contributed by atoms with Gasteiger partial charge in [-0.1, -0.05) is 36.2 Å². The minimum Gasteiger partial charge on any atom is -0.381 e. The molecule has 4 N–H and O–H groups in total. The minimum absolute atomic E-state index is 0.112. The van der Waals surface area contributed by atoms with Crippen molar-refractivity contribution in [3.8, 4) is 0 Å². The lowest BCUT2D eigenvalue weighted by Gasteiger charge is -2.37. The van der Waals surface area contributed by atoms with Crippen LogP contribution in [0.25, 0.3) is 0 Å². The van der Waals surface area contributed by atoms with Crippen LogP contribution in [0.5, 0.6) is 0 Å². The number of nitrogens with two attached hydrogens (primary N) is 1. The number of halogens is 2. The molecule has 1 saturated carbocycles. The molecule has 2 aromatic carbocycles. The van der Waals surface area contributed by atoms with Gasteiger partial charge in [-0.05, 0) is 80.7 Å². The van der Waals surface area contributed by atoms with E-state index < -0.39 is 27.8 Å². The Morgan fingerprint density at radius 3 is 2.74 bits per heavy atom. The van der Waals surface area contributed by atoms with Gasteiger partial charge in [0.1, 0.15) is 5.82 Å². The highest BCUT2D eigenvalue weighted by Crippen LogP contribution is 2.39. The zero-order chi connectivity index (χ0) is 29.9. The van der Waals surface area contributed by atoms with E-state index in [0.29, 0.717) is 42.2 Å². The Morgan fingerprint density at radius 2 is 1.98 bits per heavy atom. The standard InChI is InChI=1S/C31H42ClFN4O4S/c1-41-25-7-2-5-21(17-25)29(20-10-12-22(32)13-11-20)30(34)31(38)36-28-9-3-8-27(33)26(28)15-14-24-18-35-23-6-4-16-42(39,40)37(24)19-23/h3,8-13,21,23-25,29-30,35H,2,4-7,14-19,34H2,1H3,(H,36,38)/t21?,23?,24-,25?,29?,30?/m0/s1. The van der Waals surface area contributed by atoms with Gasteiger partial charge in [0.2, 0.25) is 15.9 Å². The highest BCUT2D eigenvalue weighted by Gasteiger charge is 2.39. The zero-order valence-corrected chi connectivity index (χ0v) is 25.7. The number of anilines is 1.